The number of nitrogens with two attached hydrogens (primary N) is 1. The van der Waals surface area contributed by atoms with Crippen LogP contribution in [0.15, 0.2) is 30.0 Å². The van der Waals surface area contributed by atoms with Crippen LogP contribution in [0.4, 0.5) is 5.82 Å². The molecule has 3 N–H and O–H groups in total. The van der Waals surface area contributed by atoms with E-state index in [4.69, 9.17) is 5.73 Å². The van der Waals surface area contributed by atoms with Gasteiger partial charge in [-0.05, 0) is 42.0 Å². The minimum atomic E-state index is -0.353. The summed E-state index contributed by atoms with van der Waals surface area (Å²) in [6, 6.07) is 1.95. The molecule has 3 aliphatic rings. The largest absolute Gasteiger partial charge is 0.366 e. The minimum absolute atomic E-state index is 0.0170. The number of hydrogen-bond donors (Lipinski definition) is 2. The lowest BCUT2D eigenvalue weighted by Crippen LogP contribution is -2.28. The molecule has 0 bridgehead atoms. The number of primary amides is 1. The van der Waals surface area contributed by atoms with Crippen molar-refractivity contribution in [2.45, 2.75) is 47.0 Å². The Morgan fingerprint density at radius 2 is 1.93 bits per heavy atom. The van der Waals surface area contributed by atoms with E-state index >= 15 is 0 Å². The van der Waals surface area contributed by atoms with E-state index in [-0.39, 0.29) is 23.6 Å². The van der Waals surface area contributed by atoms with Crippen LogP contribution in [0.25, 0.3) is 6.08 Å². The maximum atomic E-state index is 12.4. The van der Waals surface area contributed by atoms with Crippen molar-refractivity contribution in [3.63, 3.8) is 0 Å². The standard InChI is InChI=1S/C19H20N4O3.2C2H6/c20-18(26)13-6-14-9-23(10-15(14)7-13)17(25)4-1-11-5-12-2-3-16(24)22-19(12)21-8-11;2*1-2/h1,4-6,8,14-15H,2-3,7,9-10H2,(H2,20,26)(H,21,22,24);2*1-2H3/b4-1+;;. The molecule has 1 aromatic rings. The normalized spacial score (nSPS) is 21.4. The first-order valence-corrected chi connectivity index (χ1v) is 10.8. The van der Waals surface area contributed by atoms with Crippen molar-refractivity contribution in [1.82, 2.24) is 9.88 Å². The van der Waals surface area contributed by atoms with Gasteiger partial charge in [0.25, 0.3) is 0 Å². The fraction of sp³-hybridized carbons (Fsp3) is 0.478. The third kappa shape index (κ3) is 5.34. The average molecular weight is 413 g/mol. The number of pyridine rings is 1. The number of fused-ring (bicyclic) bond motifs is 2. The molecule has 3 amide bonds. The van der Waals surface area contributed by atoms with Crippen LogP contribution in [0.2, 0.25) is 0 Å². The van der Waals surface area contributed by atoms with Crippen LogP contribution in [0.1, 0.15) is 51.7 Å². The molecule has 0 radical (unpaired) electrons. The van der Waals surface area contributed by atoms with Gasteiger partial charge >= 0.3 is 0 Å². The van der Waals surface area contributed by atoms with Crippen molar-refractivity contribution in [3.05, 3.63) is 41.1 Å². The van der Waals surface area contributed by atoms with Gasteiger partial charge in [-0.15, -0.1) is 0 Å². The van der Waals surface area contributed by atoms with Crippen LogP contribution in [-0.2, 0) is 20.8 Å². The molecule has 7 nitrogen and oxygen atoms in total. The van der Waals surface area contributed by atoms with E-state index in [1.807, 2.05) is 44.7 Å². The third-order valence-corrected chi connectivity index (χ3v) is 5.30. The Hall–Kier alpha value is -2.96. The first kappa shape index (κ1) is 23.3. The van der Waals surface area contributed by atoms with Crippen LogP contribution in [-0.4, -0.2) is 40.7 Å². The monoisotopic (exact) mass is 412 g/mol. The Morgan fingerprint density at radius 1 is 1.20 bits per heavy atom. The fourth-order valence-corrected chi connectivity index (χ4v) is 3.91. The minimum Gasteiger partial charge on any atom is -0.366 e. The number of aryl methyl sites for hydroxylation is 1. The summed E-state index contributed by atoms with van der Waals surface area (Å²) in [4.78, 5) is 41.1. The van der Waals surface area contributed by atoms with Crippen molar-refractivity contribution >= 4 is 29.6 Å². The summed E-state index contributed by atoms with van der Waals surface area (Å²) in [5.74, 6) is 0.714. The van der Waals surface area contributed by atoms with Crippen molar-refractivity contribution in [2.24, 2.45) is 17.6 Å². The van der Waals surface area contributed by atoms with Crippen LogP contribution < -0.4 is 11.1 Å². The molecule has 30 heavy (non-hydrogen) atoms. The van der Waals surface area contributed by atoms with Crippen LogP contribution in [0.3, 0.4) is 0 Å². The molecule has 1 aromatic heterocycles. The van der Waals surface area contributed by atoms with Crippen LogP contribution in [0.5, 0.6) is 0 Å². The zero-order chi connectivity index (χ0) is 22.3. The smallest absolute Gasteiger partial charge is 0.246 e. The number of carbonyl (C=O) groups excluding carboxylic acids is 3. The topological polar surface area (TPSA) is 105 Å². The van der Waals surface area contributed by atoms with E-state index < -0.39 is 0 Å². The third-order valence-electron chi connectivity index (χ3n) is 5.30. The molecule has 0 saturated carbocycles. The van der Waals surface area contributed by atoms with E-state index in [2.05, 4.69) is 10.3 Å². The first-order chi connectivity index (χ1) is 14.5. The van der Waals surface area contributed by atoms with Gasteiger partial charge < -0.3 is 16.0 Å². The van der Waals surface area contributed by atoms with Crippen LogP contribution in [0, 0.1) is 11.8 Å². The number of rotatable bonds is 3. The molecule has 0 spiro atoms. The highest BCUT2D eigenvalue weighted by Gasteiger charge is 2.38. The average Bonchev–Trinajstić information content (AvgIpc) is 3.34. The maximum Gasteiger partial charge on any atom is 0.246 e. The van der Waals surface area contributed by atoms with Gasteiger partial charge in [-0.25, -0.2) is 4.98 Å². The van der Waals surface area contributed by atoms with Crippen molar-refractivity contribution in [2.75, 3.05) is 18.4 Å². The predicted molar refractivity (Wildman–Crippen MR) is 118 cm³/mol. The zero-order valence-electron chi connectivity index (χ0n) is 18.3. The van der Waals surface area contributed by atoms with Crippen LogP contribution >= 0.6 is 0 Å². The number of carbonyl (C=O) groups is 3. The second kappa shape index (κ2) is 10.7. The number of nitrogens with zero attached hydrogens (tertiary/aromatic N) is 2. The second-order valence-corrected chi connectivity index (χ2v) is 7.09. The highest BCUT2D eigenvalue weighted by atomic mass is 16.2. The second-order valence-electron chi connectivity index (χ2n) is 7.09. The molecule has 3 heterocycles. The van der Waals surface area contributed by atoms with Gasteiger partial charge in [-0.2, -0.15) is 0 Å². The van der Waals surface area contributed by atoms with Gasteiger partial charge in [0.05, 0.1) is 0 Å². The molecular weight excluding hydrogens is 380 g/mol. The quantitative estimate of drug-likeness (QED) is 0.745. The summed E-state index contributed by atoms with van der Waals surface area (Å²) in [5.41, 5.74) is 7.85. The lowest BCUT2D eigenvalue weighted by atomic mass is 10.00. The number of amides is 3. The van der Waals surface area contributed by atoms with E-state index in [0.29, 0.717) is 49.7 Å². The summed E-state index contributed by atoms with van der Waals surface area (Å²) in [7, 11) is 0. The SMILES string of the molecule is CC.CC.NC(=O)C1=CC2CN(C(=O)/C=C/c3cnc4c(c3)CCC(=O)N4)CC2C1. The summed E-state index contributed by atoms with van der Waals surface area (Å²) in [6.45, 7) is 9.27. The van der Waals surface area contributed by atoms with E-state index in [9.17, 15) is 14.4 Å². The lowest BCUT2D eigenvalue weighted by molar-refractivity contribution is -0.125. The number of anilines is 1. The number of aromatic nitrogens is 1. The fourth-order valence-electron chi connectivity index (χ4n) is 3.91. The summed E-state index contributed by atoms with van der Waals surface area (Å²) < 4.78 is 0. The molecule has 7 heteroatoms. The Labute approximate surface area is 178 Å². The van der Waals surface area contributed by atoms with E-state index in [1.54, 1.807) is 18.3 Å². The summed E-state index contributed by atoms with van der Waals surface area (Å²) in [6.07, 6.45) is 8.66. The van der Waals surface area contributed by atoms with Gasteiger partial charge in [0, 0.05) is 43.3 Å². The first-order valence-electron chi connectivity index (χ1n) is 10.8. The van der Waals surface area contributed by atoms with Gasteiger partial charge in [-0.1, -0.05) is 33.8 Å². The van der Waals surface area contributed by atoms with Crippen molar-refractivity contribution < 1.29 is 14.4 Å². The van der Waals surface area contributed by atoms with Gasteiger partial charge in [0.15, 0.2) is 0 Å². The van der Waals surface area contributed by atoms with Crippen molar-refractivity contribution in [1.29, 1.82) is 0 Å². The lowest BCUT2D eigenvalue weighted by Gasteiger charge is -2.16. The predicted octanol–water partition coefficient (Wildman–Crippen LogP) is 2.92. The van der Waals surface area contributed by atoms with Gasteiger partial charge in [0.1, 0.15) is 5.82 Å². The van der Waals surface area contributed by atoms with Gasteiger partial charge in [-0.3, -0.25) is 14.4 Å². The Balaban J connectivity index is 0.000000757. The Bertz CT molecular complexity index is 860. The molecule has 2 unspecified atom stereocenters. The molecule has 2 atom stereocenters. The molecule has 1 aliphatic carbocycles. The molecule has 2 aliphatic heterocycles. The highest BCUT2D eigenvalue weighted by molar-refractivity contribution is 5.94. The van der Waals surface area contributed by atoms with E-state index in [1.165, 1.54) is 0 Å². The molecule has 162 valence electrons. The number of nitrogens with one attached hydrogen (secondary N) is 1. The molecule has 1 fully saturated rings. The van der Waals surface area contributed by atoms with E-state index in [0.717, 1.165) is 11.1 Å². The molecule has 0 aromatic carbocycles. The van der Waals surface area contributed by atoms with Crippen molar-refractivity contribution in [3.8, 4) is 0 Å². The Morgan fingerprint density at radius 3 is 2.60 bits per heavy atom. The summed E-state index contributed by atoms with van der Waals surface area (Å²) in [5, 5.41) is 2.74. The summed E-state index contributed by atoms with van der Waals surface area (Å²) >= 11 is 0. The number of hydrogen-bond acceptors (Lipinski definition) is 4. The number of likely N-dealkylation sites (tertiary alicyclic amines) is 1. The molecular formula is C23H32N4O3. The Kier molecular flexibility index (Phi) is 8.33. The molecule has 1 saturated heterocycles. The zero-order valence-corrected chi connectivity index (χ0v) is 18.3. The van der Waals surface area contributed by atoms with Gasteiger partial charge in [0.2, 0.25) is 17.7 Å². The maximum absolute atomic E-state index is 12.4. The highest BCUT2D eigenvalue weighted by Crippen LogP contribution is 2.36. The molecule has 4 rings (SSSR count).